The van der Waals surface area contributed by atoms with Crippen molar-refractivity contribution in [1.82, 2.24) is 4.90 Å². The maximum absolute atomic E-state index is 14.5. The first-order valence-electron chi connectivity index (χ1n) is 10.7. The number of hydrogen-bond acceptors (Lipinski definition) is 7. The number of amides is 1. The van der Waals surface area contributed by atoms with Crippen molar-refractivity contribution < 1.29 is 18.9 Å². The minimum absolute atomic E-state index is 0.0692. The van der Waals surface area contributed by atoms with Crippen LogP contribution in [0.4, 0.5) is 15.8 Å². The standard InChI is InChI=1S/C24H18FN3O4S2/c25-14-6-7-17-16(10-14)24(23(30)26-17)21(22(29)19-5-2-8-34-19)20(18-11-33-12-27(18)24)13-3-1-4-15(9-13)28(31)32/h1-10,18,20-21H,11-12H2,(H,26,30)/t18-,20+,21-,24-/m1/s1. The van der Waals surface area contributed by atoms with E-state index in [9.17, 15) is 24.1 Å². The lowest BCUT2D eigenvalue weighted by molar-refractivity contribution is -0.384. The molecule has 1 amide bonds. The highest BCUT2D eigenvalue weighted by Gasteiger charge is 2.69. The van der Waals surface area contributed by atoms with Crippen LogP contribution in [0.1, 0.15) is 26.7 Å². The number of anilines is 1. The number of fused-ring (bicyclic) bond motifs is 4. The van der Waals surface area contributed by atoms with Crippen molar-refractivity contribution in [2.24, 2.45) is 5.92 Å². The van der Waals surface area contributed by atoms with Gasteiger partial charge in [0.15, 0.2) is 5.78 Å². The van der Waals surface area contributed by atoms with Crippen molar-refractivity contribution >= 4 is 46.2 Å². The monoisotopic (exact) mass is 495 g/mol. The van der Waals surface area contributed by atoms with Gasteiger partial charge in [0.2, 0.25) is 5.91 Å². The van der Waals surface area contributed by atoms with Crippen LogP contribution in [0.15, 0.2) is 60.0 Å². The first-order chi connectivity index (χ1) is 16.4. The fourth-order valence-corrected chi connectivity index (χ4v) is 7.87. The van der Waals surface area contributed by atoms with Crippen molar-refractivity contribution in [2.45, 2.75) is 17.5 Å². The molecular weight excluding hydrogens is 477 g/mol. The smallest absolute Gasteiger partial charge is 0.269 e. The van der Waals surface area contributed by atoms with Gasteiger partial charge in [-0.1, -0.05) is 18.2 Å². The van der Waals surface area contributed by atoms with E-state index in [0.717, 1.165) is 0 Å². The number of nitrogens with one attached hydrogen (secondary N) is 1. The van der Waals surface area contributed by atoms with Crippen LogP contribution in [0.5, 0.6) is 0 Å². The number of carbonyl (C=O) groups excluding carboxylic acids is 2. The van der Waals surface area contributed by atoms with Gasteiger partial charge in [0.25, 0.3) is 5.69 Å². The average Bonchev–Trinajstić information content (AvgIpc) is 3.60. The van der Waals surface area contributed by atoms with Crippen LogP contribution in [0, 0.1) is 21.8 Å². The molecule has 7 nitrogen and oxygen atoms in total. The summed E-state index contributed by atoms with van der Waals surface area (Å²) in [5.74, 6) is -1.26. The molecule has 10 heteroatoms. The van der Waals surface area contributed by atoms with Crippen LogP contribution in [0.3, 0.4) is 0 Å². The van der Waals surface area contributed by atoms with Gasteiger partial charge < -0.3 is 5.32 Å². The van der Waals surface area contributed by atoms with Crippen molar-refractivity contribution in [3.05, 3.63) is 91.9 Å². The minimum Gasteiger partial charge on any atom is -0.324 e. The number of thiophene rings is 1. The summed E-state index contributed by atoms with van der Waals surface area (Å²) in [7, 11) is 0. The summed E-state index contributed by atoms with van der Waals surface area (Å²) in [5, 5.41) is 16.2. The first kappa shape index (κ1) is 21.5. The number of carbonyl (C=O) groups is 2. The Morgan fingerprint density at radius 3 is 2.82 bits per heavy atom. The molecule has 3 aromatic rings. The molecule has 1 aromatic heterocycles. The lowest BCUT2D eigenvalue weighted by Gasteiger charge is -2.36. The Morgan fingerprint density at radius 2 is 2.06 bits per heavy atom. The van der Waals surface area contributed by atoms with Gasteiger partial charge in [-0.15, -0.1) is 23.1 Å². The second-order valence-electron chi connectivity index (χ2n) is 8.64. The van der Waals surface area contributed by atoms with E-state index in [4.69, 9.17) is 0 Å². The van der Waals surface area contributed by atoms with Crippen LogP contribution in [0.2, 0.25) is 0 Å². The van der Waals surface area contributed by atoms with Crippen LogP contribution in [-0.4, -0.2) is 39.2 Å². The maximum Gasteiger partial charge on any atom is 0.269 e. The molecule has 172 valence electrons. The summed E-state index contributed by atoms with van der Waals surface area (Å²) in [6.07, 6.45) is 0. The van der Waals surface area contributed by atoms with E-state index in [2.05, 4.69) is 5.32 Å². The molecule has 0 saturated carbocycles. The van der Waals surface area contributed by atoms with Crippen LogP contribution in [0.25, 0.3) is 0 Å². The van der Waals surface area contributed by atoms with Crippen molar-refractivity contribution in [3.63, 3.8) is 0 Å². The number of rotatable bonds is 4. The summed E-state index contributed by atoms with van der Waals surface area (Å²) < 4.78 is 14.5. The molecule has 0 aliphatic carbocycles. The van der Waals surface area contributed by atoms with E-state index >= 15 is 0 Å². The maximum atomic E-state index is 14.5. The largest absolute Gasteiger partial charge is 0.324 e. The minimum atomic E-state index is -1.40. The fourth-order valence-electron chi connectivity index (χ4n) is 5.84. The van der Waals surface area contributed by atoms with Crippen LogP contribution in [-0.2, 0) is 10.3 Å². The Morgan fingerprint density at radius 1 is 1.21 bits per heavy atom. The van der Waals surface area contributed by atoms with E-state index in [-0.39, 0.29) is 23.4 Å². The highest BCUT2D eigenvalue weighted by Crippen LogP contribution is 2.61. The SMILES string of the molecule is O=C(c1cccs1)[C@H]1[C@@H](c2cccc([N+](=O)[O-])c2)[C@H]2CSCN2[C@@]12C(=O)Nc1ccc(F)cc12. The zero-order valence-corrected chi connectivity index (χ0v) is 19.3. The van der Waals surface area contributed by atoms with Gasteiger partial charge in [-0.25, -0.2) is 4.39 Å². The number of halogens is 1. The molecule has 0 unspecified atom stereocenters. The third kappa shape index (κ3) is 2.85. The molecule has 4 heterocycles. The number of nitro groups is 1. The first-order valence-corrected chi connectivity index (χ1v) is 12.7. The molecule has 1 N–H and O–H groups in total. The van der Waals surface area contributed by atoms with E-state index in [1.165, 1.54) is 41.7 Å². The Hall–Kier alpha value is -3.08. The van der Waals surface area contributed by atoms with Crippen molar-refractivity contribution in [1.29, 1.82) is 0 Å². The Labute approximate surface area is 202 Å². The number of nitro benzene ring substituents is 1. The molecule has 0 bridgehead atoms. The third-order valence-corrected chi connectivity index (χ3v) is 9.02. The number of benzene rings is 2. The summed E-state index contributed by atoms with van der Waals surface area (Å²) in [4.78, 5) is 41.5. The second kappa shape index (κ2) is 7.72. The molecule has 2 aromatic carbocycles. The summed E-state index contributed by atoms with van der Waals surface area (Å²) >= 11 is 2.93. The van der Waals surface area contributed by atoms with E-state index in [1.807, 2.05) is 4.90 Å². The van der Waals surface area contributed by atoms with Crippen molar-refractivity contribution in [3.8, 4) is 0 Å². The number of Topliss-reactive ketones (excluding diaryl/α,β-unsaturated/α-hetero) is 1. The molecule has 3 aliphatic heterocycles. The predicted octanol–water partition coefficient (Wildman–Crippen LogP) is 4.61. The van der Waals surface area contributed by atoms with Gasteiger partial charge in [0.05, 0.1) is 15.7 Å². The van der Waals surface area contributed by atoms with Crippen LogP contribution >= 0.6 is 23.1 Å². The fraction of sp³-hybridized carbons (Fsp3) is 0.250. The molecule has 4 atom stereocenters. The third-order valence-electron chi connectivity index (χ3n) is 7.10. The lowest BCUT2D eigenvalue weighted by Crippen LogP contribution is -2.52. The highest BCUT2D eigenvalue weighted by atomic mass is 32.2. The molecule has 0 radical (unpaired) electrons. The van der Waals surface area contributed by atoms with E-state index in [1.54, 1.807) is 41.4 Å². The van der Waals surface area contributed by atoms with Gasteiger partial charge in [-0.05, 0) is 35.2 Å². The number of non-ortho nitro benzene ring substituents is 1. The van der Waals surface area contributed by atoms with Gasteiger partial charge in [-0.2, -0.15) is 0 Å². The predicted molar refractivity (Wildman–Crippen MR) is 128 cm³/mol. The molecule has 6 rings (SSSR count). The number of hydrogen-bond donors (Lipinski definition) is 1. The molecule has 3 aliphatic rings. The van der Waals surface area contributed by atoms with Gasteiger partial charge in [0.1, 0.15) is 11.4 Å². The second-order valence-corrected chi connectivity index (χ2v) is 10.6. The normalized spacial score (nSPS) is 27.6. The quantitative estimate of drug-likeness (QED) is 0.323. The zero-order valence-electron chi connectivity index (χ0n) is 17.6. The molecule has 34 heavy (non-hydrogen) atoms. The molecule has 2 saturated heterocycles. The number of nitrogens with zero attached hydrogens (tertiary/aromatic N) is 2. The Bertz CT molecular complexity index is 1350. The van der Waals surface area contributed by atoms with Gasteiger partial charge in [-0.3, -0.25) is 24.6 Å². The van der Waals surface area contributed by atoms with Gasteiger partial charge >= 0.3 is 0 Å². The Kier molecular flexibility index (Phi) is 4.87. The van der Waals surface area contributed by atoms with Gasteiger partial charge in [0, 0.05) is 47.0 Å². The van der Waals surface area contributed by atoms with E-state index < -0.39 is 28.1 Å². The average molecular weight is 496 g/mol. The van der Waals surface area contributed by atoms with E-state index in [0.29, 0.717) is 33.3 Å². The lowest BCUT2D eigenvalue weighted by atomic mass is 9.70. The summed E-state index contributed by atoms with van der Waals surface area (Å²) in [6, 6.07) is 13.8. The topological polar surface area (TPSA) is 92.5 Å². The highest BCUT2D eigenvalue weighted by molar-refractivity contribution is 7.99. The summed E-state index contributed by atoms with van der Waals surface area (Å²) in [6.45, 7) is 0. The number of ketones is 1. The summed E-state index contributed by atoms with van der Waals surface area (Å²) in [5.41, 5.74) is 0.108. The Balaban J connectivity index is 1.63. The molecule has 2 fully saturated rings. The molecule has 1 spiro atoms. The van der Waals surface area contributed by atoms with Crippen LogP contribution < -0.4 is 5.32 Å². The van der Waals surface area contributed by atoms with Crippen molar-refractivity contribution in [2.75, 3.05) is 16.9 Å². The number of thioether (sulfide) groups is 1. The zero-order chi connectivity index (χ0) is 23.6. The molecular formula is C24H18FN3O4S2.